The molecule has 0 spiro atoms. The van der Waals surface area contributed by atoms with E-state index in [0.29, 0.717) is 5.75 Å². The number of carboxylic acids is 1. The lowest BCUT2D eigenvalue weighted by Crippen LogP contribution is -2.02. The van der Waals surface area contributed by atoms with E-state index in [-0.39, 0.29) is 16.8 Å². The van der Waals surface area contributed by atoms with Gasteiger partial charge in [-0.05, 0) is 29.8 Å². The first-order valence-corrected chi connectivity index (χ1v) is 6.35. The zero-order valence-electron chi connectivity index (χ0n) is 11.7. The minimum Gasteiger partial charge on any atom is -0.497 e. The molecule has 2 aromatic rings. The topological polar surface area (TPSA) is 89.7 Å². The summed E-state index contributed by atoms with van der Waals surface area (Å²) < 4.78 is 5.04. The lowest BCUT2D eigenvalue weighted by atomic mass is 10.0. The summed E-state index contributed by atoms with van der Waals surface area (Å²) in [6.07, 6.45) is 3.05. The molecule has 1 N–H and O–H groups in total. The first-order chi connectivity index (χ1) is 10.5. The zero-order chi connectivity index (χ0) is 16.1. The maximum Gasteiger partial charge on any atom is 0.336 e. The number of hydrogen-bond acceptors (Lipinski definition) is 4. The predicted octanol–water partition coefficient (Wildman–Crippen LogP) is 3.47. The summed E-state index contributed by atoms with van der Waals surface area (Å²) in [6.45, 7) is 0. The third-order valence-corrected chi connectivity index (χ3v) is 3.07. The van der Waals surface area contributed by atoms with Gasteiger partial charge in [-0.1, -0.05) is 24.3 Å². The number of aromatic carboxylic acids is 1. The Kier molecular flexibility index (Phi) is 4.53. The number of rotatable bonds is 5. The summed E-state index contributed by atoms with van der Waals surface area (Å²) in [7, 11) is 1.55. The van der Waals surface area contributed by atoms with Crippen LogP contribution in [-0.4, -0.2) is 23.1 Å². The Hall–Kier alpha value is -3.15. The third-order valence-electron chi connectivity index (χ3n) is 3.07. The minimum atomic E-state index is -1.21. The Labute approximate surface area is 126 Å². The first-order valence-electron chi connectivity index (χ1n) is 6.35. The van der Waals surface area contributed by atoms with Crippen LogP contribution in [0.3, 0.4) is 0 Å². The number of nitro groups is 1. The van der Waals surface area contributed by atoms with E-state index in [2.05, 4.69) is 0 Å². The second kappa shape index (κ2) is 6.53. The van der Waals surface area contributed by atoms with Crippen molar-refractivity contribution in [1.29, 1.82) is 0 Å². The Morgan fingerprint density at radius 1 is 1.18 bits per heavy atom. The molecule has 0 atom stereocenters. The van der Waals surface area contributed by atoms with Gasteiger partial charge in [0, 0.05) is 6.07 Å². The molecule has 0 radical (unpaired) electrons. The van der Waals surface area contributed by atoms with Crippen molar-refractivity contribution in [1.82, 2.24) is 0 Å². The molecule has 2 rings (SSSR count). The highest BCUT2D eigenvalue weighted by atomic mass is 16.6. The molecule has 0 aliphatic rings. The molecule has 22 heavy (non-hydrogen) atoms. The van der Waals surface area contributed by atoms with Crippen molar-refractivity contribution >= 4 is 23.8 Å². The van der Waals surface area contributed by atoms with Crippen LogP contribution >= 0.6 is 0 Å². The van der Waals surface area contributed by atoms with Gasteiger partial charge in [0.1, 0.15) is 5.75 Å². The van der Waals surface area contributed by atoms with Crippen molar-refractivity contribution < 1.29 is 19.6 Å². The Bertz CT molecular complexity index is 702. The second-order valence-corrected chi connectivity index (χ2v) is 4.41. The van der Waals surface area contributed by atoms with E-state index in [1.54, 1.807) is 37.5 Å². The monoisotopic (exact) mass is 299 g/mol. The van der Waals surface area contributed by atoms with Crippen LogP contribution in [-0.2, 0) is 0 Å². The van der Waals surface area contributed by atoms with E-state index in [4.69, 9.17) is 9.84 Å². The van der Waals surface area contributed by atoms with Crippen molar-refractivity contribution in [3.8, 4) is 5.75 Å². The van der Waals surface area contributed by atoms with Gasteiger partial charge in [-0.2, -0.15) is 0 Å². The number of carboxylic acid groups (broad SMARTS) is 1. The summed E-state index contributed by atoms with van der Waals surface area (Å²) >= 11 is 0. The molecule has 0 heterocycles. The van der Waals surface area contributed by atoms with Crippen LogP contribution in [0.25, 0.3) is 12.2 Å². The largest absolute Gasteiger partial charge is 0.497 e. The van der Waals surface area contributed by atoms with Crippen molar-refractivity contribution in [3.63, 3.8) is 0 Å². The number of methoxy groups -OCH3 is 1. The summed E-state index contributed by atoms with van der Waals surface area (Å²) in [5.74, 6) is -0.521. The number of nitro benzene ring substituents is 1. The fourth-order valence-electron chi connectivity index (χ4n) is 1.97. The zero-order valence-corrected chi connectivity index (χ0v) is 11.7. The highest BCUT2D eigenvalue weighted by Gasteiger charge is 2.18. The lowest BCUT2D eigenvalue weighted by Gasteiger charge is -2.03. The average molecular weight is 299 g/mol. The Balaban J connectivity index is 2.44. The number of carbonyl (C=O) groups is 1. The predicted molar refractivity (Wildman–Crippen MR) is 82.0 cm³/mol. The molecule has 6 nitrogen and oxygen atoms in total. The quantitative estimate of drug-likeness (QED) is 0.518. The minimum absolute atomic E-state index is 0.0656. The SMILES string of the molecule is COc1ccc(C=Cc2c(C(=O)O)cccc2[N+](=O)[O-])cc1. The molecule has 0 unspecified atom stereocenters. The molecule has 0 saturated heterocycles. The van der Waals surface area contributed by atoms with Gasteiger partial charge in [0.05, 0.1) is 23.2 Å². The van der Waals surface area contributed by atoms with Gasteiger partial charge in [0.15, 0.2) is 0 Å². The fourth-order valence-corrected chi connectivity index (χ4v) is 1.97. The Morgan fingerprint density at radius 2 is 1.86 bits per heavy atom. The molecule has 112 valence electrons. The molecule has 0 aliphatic heterocycles. The molecule has 2 aromatic carbocycles. The van der Waals surface area contributed by atoms with E-state index in [1.807, 2.05) is 0 Å². The van der Waals surface area contributed by atoms with E-state index in [1.165, 1.54) is 24.3 Å². The maximum atomic E-state index is 11.2. The molecule has 0 fully saturated rings. The summed E-state index contributed by atoms with van der Waals surface area (Å²) in [4.78, 5) is 21.7. The molecule has 0 aromatic heterocycles. The van der Waals surface area contributed by atoms with Gasteiger partial charge in [-0.3, -0.25) is 10.1 Å². The van der Waals surface area contributed by atoms with Crippen LogP contribution < -0.4 is 4.74 Å². The molecule has 0 bridgehead atoms. The molecule has 6 heteroatoms. The van der Waals surface area contributed by atoms with Gasteiger partial charge in [-0.25, -0.2) is 4.79 Å². The second-order valence-electron chi connectivity index (χ2n) is 4.41. The summed E-state index contributed by atoms with van der Waals surface area (Å²) in [6, 6.07) is 11.0. The van der Waals surface area contributed by atoms with Crippen LogP contribution in [0.15, 0.2) is 42.5 Å². The third kappa shape index (κ3) is 3.29. The number of benzene rings is 2. The highest BCUT2D eigenvalue weighted by Crippen LogP contribution is 2.25. The molecular weight excluding hydrogens is 286 g/mol. The van der Waals surface area contributed by atoms with Crippen LogP contribution in [0.1, 0.15) is 21.5 Å². The molecule has 0 saturated carbocycles. The average Bonchev–Trinajstić information content (AvgIpc) is 2.52. The molecule has 0 amide bonds. The number of hydrogen-bond donors (Lipinski definition) is 1. The standard InChI is InChI=1S/C16H13NO5/c1-22-12-8-5-11(6-9-12)7-10-13-14(16(18)19)3-2-4-15(13)17(20)21/h2-10H,1H3,(H,18,19). The van der Waals surface area contributed by atoms with Gasteiger partial charge in [-0.15, -0.1) is 0 Å². The Morgan fingerprint density at radius 3 is 2.41 bits per heavy atom. The maximum absolute atomic E-state index is 11.2. The number of nitrogens with zero attached hydrogens (tertiary/aromatic N) is 1. The number of ether oxygens (including phenoxy) is 1. The van der Waals surface area contributed by atoms with Crippen molar-refractivity contribution in [2.45, 2.75) is 0 Å². The fraction of sp³-hybridized carbons (Fsp3) is 0.0625. The van der Waals surface area contributed by atoms with E-state index in [9.17, 15) is 14.9 Å². The van der Waals surface area contributed by atoms with Crippen molar-refractivity contribution in [3.05, 3.63) is 69.3 Å². The normalized spacial score (nSPS) is 10.6. The summed E-state index contributed by atoms with van der Waals surface area (Å²) in [5.41, 5.74) is 0.481. The van der Waals surface area contributed by atoms with Crippen LogP contribution in [0.4, 0.5) is 5.69 Å². The molecular formula is C16H13NO5. The van der Waals surface area contributed by atoms with Gasteiger partial charge < -0.3 is 9.84 Å². The molecule has 0 aliphatic carbocycles. The van der Waals surface area contributed by atoms with Gasteiger partial charge in [0.2, 0.25) is 0 Å². The van der Waals surface area contributed by atoms with E-state index in [0.717, 1.165) is 5.56 Å². The van der Waals surface area contributed by atoms with Crippen molar-refractivity contribution in [2.75, 3.05) is 7.11 Å². The lowest BCUT2D eigenvalue weighted by molar-refractivity contribution is -0.385. The van der Waals surface area contributed by atoms with Crippen LogP contribution in [0.2, 0.25) is 0 Å². The summed E-state index contributed by atoms with van der Waals surface area (Å²) in [5, 5.41) is 20.2. The first kappa shape index (κ1) is 15.2. The van der Waals surface area contributed by atoms with E-state index < -0.39 is 10.9 Å². The van der Waals surface area contributed by atoms with Crippen LogP contribution in [0.5, 0.6) is 5.75 Å². The smallest absolute Gasteiger partial charge is 0.336 e. The van der Waals surface area contributed by atoms with E-state index >= 15 is 0 Å². The van der Waals surface area contributed by atoms with Gasteiger partial charge >= 0.3 is 5.97 Å². The van der Waals surface area contributed by atoms with Gasteiger partial charge in [0.25, 0.3) is 5.69 Å². The van der Waals surface area contributed by atoms with Crippen molar-refractivity contribution in [2.24, 2.45) is 0 Å². The highest BCUT2D eigenvalue weighted by molar-refractivity contribution is 5.95. The van der Waals surface area contributed by atoms with Crippen LogP contribution in [0, 0.1) is 10.1 Å².